The van der Waals surface area contributed by atoms with E-state index >= 15 is 0 Å². The molecule has 23 heavy (non-hydrogen) atoms. The summed E-state index contributed by atoms with van der Waals surface area (Å²) in [5.74, 6) is 2.60. The van der Waals surface area contributed by atoms with Gasteiger partial charge in [-0.05, 0) is 18.8 Å². The van der Waals surface area contributed by atoms with Gasteiger partial charge in [0.25, 0.3) is 0 Å². The van der Waals surface area contributed by atoms with Crippen LogP contribution >= 0.6 is 0 Å². The van der Waals surface area contributed by atoms with Crippen molar-refractivity contribution in [3.05, 3.63) is 28.0 Å². The minimum atomic E-state index is -0.0670. The Morgan fingerprint density at radius 3 is 2.74 bits per heavy atom. The van der Waals surface area contributed by atoms with Crippen LogP contribution in [0.3, 0.4) is 0 Å². The van der Waals surface area contributed by atoms with E-state index in [0.717, 1.165) is 25.1 Å². The zero-order chi connectivity index (χ0) is 16.4. The van der Waals surface area contributed by atoms with Gasteiger partial charge in [0.2, 0.25) is 5.89 Å². The fourth-order valence-electron chi connectivity index (χ4n) is 3.38. The van der Waals surface area contributed by atoms with Gasteiger partial charge in [0.05, 0.1) is 6.54 Å². The van der Waals surface area contributed by atoms with Crippen LogP contribution in [0.25, 0.3) is 0 Å². The second-order valence-electron chi connectivity index (χ2n) is 6.35. The van der Waals surface area contributed by atoms with Crippen LogP contribution in [0.15, 0.2) is 9.32 Å². The van der Waals surface area contributed by atoms with E-state index in [1.54, 1.807) is 25.6 Å². The smallest absolute Gasteiger partial charge is 0.340 e. The lowest BCUT2D eigenvalue weighted by atomic mass is 9.82. The van der Waals surface area contributed by atoms with Gasteiger partial charge in [0, 0.05) is 33.5 Å². The highest BCUT2D eigenvalue weighted by molar-refractivity contribution is 4.94. The molecule has 0 unspecified atom stereocenters. The van der Waals surface area contributed by atoms with E-state index in [0.29, 0.717) is 30.2 Å². The van der Waals surface area contributed by atoms with Crippen molar-refractivity contribution >= 4 is 0 Å². The molecule has 0 aliphatic heterocycles. The van der Waals surface area contributed by atoms with E-state index < -0.39 is 0 Å². The summed E-state index contributed by atoms with van der Waals surface area (Å²) in [6.45, 7) is 2.40. The first kappa shape index (κ1) is 15.9. The van der Waals surface area contributed by atoms with Crippen molar-refractivity contribution in [1.29, 1.82) is 0 Å². The van der Waals surface area contributed by atoms with Gasteiger partial charge < -0.3 is 9.84 Å². The molecule has 8 heteroatoms. The molecule has 1 aliphatic carbocycles. The highest BCUT2D eigenvalue weighted by atomic mass is 16.5. The van der Waals surface area contributed by atoms with Crippen LogP contribution in [0.2, 0.25) is 0 Å². The first-order valence-corrected chi connectivity index (χ1v) is 8.16. The first-order valence-electron chi connectivity index (χ1n) is 8.16. The molecule has 2 aromatic heterocycles. The van der Waals surface area contributed by atoms with E-state index in [1.165, 1.54) is 17.5 Å². The van der Waals surface area contributed by atoms with Gasteiger partial charge >= 0.3 is 5.69 Å². The summed E-state index contributed by atoms with van der Waals surface area (Å²) in [6.07, 6.45) is 5.54. The Kier molecular flexibility index (Phi) is 4.61. The minimum Gasteiger partial charge on any atom is -0.340 e. The SMILES string of the molecule is Cc1nc(CN[C@@H]2CCCC[C@@H]2Cc2nn(C)c(=O)n2C)no1. The van der Waals surface area contributed by atoms with Crippen molar-refractivity contribution in [3.63, 3.8) is 0 Å². The van der Waals surface area contributed by atoms with Crippen molar-refractivity contribution in [1.82, 2.24) is 29.8 Å². The largest absolute Gasteiger partial charge is 0.345 e. The molecule has 0 spiro atoms. The van der Waals surface area contributed by atoms with Gasteiger partial charge in [-0.15, -0.1) is 0 Å². The second kappa shape index (κ2) is 6.66. The number of aryl methyl sites for hydroxylation is 2. The third-order valence-corrected chi connectivity index (χ3v) is 4.66. The summed E-state index contributed by atoms with van der Waals surface area (Å²) in [7, 11) is 3.49. The highest BCUT2D eigenvalue weighted by Gasteiger charge is 2.27. The van der Waals surface area contributed by atoms with E-state index in [9.17, 15) is 4.79 Å². The van der Waals surface area contributed by atoms with Gasteiger partial charge in [-0.25, -0.2) is 9.48 Å². The Hall–Kier alpha value is -1.96. The molecule has 2 atom stereocenters. The number of nitrogens with zero attached hydrogens (tertiary/aromatic N) is 5. The van der Waals surface area contributed by atoms with E-state index in [4.69, 9.17) is 4.52 Å². The summed E-state index contributed by atoms with van der Waals surface area (Å²) in [4.78, 5) is 16.1. The Bertz CT molecular complexity index is 716. The molecule has 1 saturated carbocycles. The minimum absolute atomic E-state index is 0.0670. The van der Waals surface area contributed by atoms with E-state index in [-0.39, 0.29) is 5.69 Å². The third-order valence-electron chi connectivity index (χ3n) is 4.66. The van der Waals surface area contributed by atoms with Gasteiger partial charge in [-0.2, -0.15) is 10.1 Å². The molecule has 0 radical (unpaired) electrons. The Labute approximate surface area is 134 Å². The zero-order valence-electron chi connectivity index (χ0n) is 13.9. The maximum Gasteiger partial charge on any atom is 0.345 e. The quantitative estimate of drug-likeness (QED) is 0.872. The molecular formula is C15H24N6O2. The fourth-order valence-corrected chi connectivity index (χ4v) is 3.38. The topological polar surface area (TPSA) is 90.8 Å². The summed E-state index contributed by atoms with van der Waals surface area (Å²) in [5.41, 5.74) is -0.0670. The third kappa shape index (κ3) is 3.52. The number of aromatic nitrogens is 5. The maximum absolute atomic E-state index is 11.8. The van der Waals surface area contributed by atoms with Crippen molar-refractivity contribution < 1.29 is 4.52 Å². The van der Waals surface area contributed by atoms with E-state index in [1.807, 2.05) is 0 Å². The van der Waals surface area contributed by atoms with Crippen molar-refractivity contribution in [2.24, 2.45) is 20.0 Å². The number of hydrogen-bond acceptors (Lipinski definition) is 6. The summed E-state index contributed by atoms with van der Waals surface area (Å²) in [5, 5.41) is 11.8. The van der Waals surface area contributed by atoms with Crippen LogP contribution in [0.5, 0.6) is 0 Å². The van der Waals surface area contributed by atoms with Crippen LogP contribution in [0.4, 0.5) is 0 Å². The van der Waals surface area contributed by atoms with Gasteiger partial charge in [-0.3, -0.25) is 4.57 Å². The molecule has 2 aromatic rings. The molecule has 1 aliphatic rings. The van der Waals surface area contributed by atoms with Crippen molar-refractivity contribution in [2.75, 3.05) is 0 Å². The molecule has 0 aromatic carbocycles. The van der Waals surface area contributed by atoms with Gasteiger partial charge in [-0.1, -0.05) is 18.0 Å². The summed E-state index contributed by atoms with van der Waals surface area (Å²) in [6, 6.07) is 0.389. The lowest BCUT2D eigenvalue weighted by molar-refractivity contribution is 0.252. The monoisotopic (exact) mass is 320 g/mol. The fraction of sp³-hybridized carbons (Fsp3) is 0.733. The Morgan fingerprint density at radius 1 is 1.30 bits per heavy atom. The highest BCUT2D eigenvalue weighted by Crippen LogP contribution is 2.27. The molecule has 126 valence electrons. The van der Waals surface area contributed by atoms with Crippen LogP contribution < -0.4 is 11.0 Å². The number of nitrogens with one attached hydrogen (secondary N) is 1. The van der Waals surface area contributed by atoms with Crippen LogP contribution in [0, 0.1) is 12.8 Å². The average molecular weight is 320 g/mol. The molecule has 1 fully saturated rings. The summed E-state index contributed by atoms with van der Waals surface area (Å²) < 4.78 is 8.06. The molecular weight excluding hydrogens is 296 g/mol. The molecule has 8 nitrogen and oxygen atoms in total. The predicted octanol–water partition coefficient (Wildman–Crippen LogP) is 0.701. The molecule has 2 heterocycles. The van der Waals surface area contributed by atoms with Crippen LogP contribution in [-0.4, -0.2) is 30.5 Å². The average Bonchev–Trinajstić information content (AvgIpc) is 3.06. The predicted molar refractivity (Wildman–Crippen MR) is 83.8 cm³/mol. The molecule has 1 N–H and O–H groups in total. The number of rotatable bonds is 5. The first-order chi connectivity index (χ1) is 11.0. The standard InChI is InChI=1S/C15H24N6O2/c1-10-17-13(19-23-10)9-16-12-7-5-4-6-11(12)8-14-18-21(3)15(22)20(14)2/h11-12,16H,4-9H2,1-3H3/t11-,12-/m1/s1. The van der Waals surface area contributed by atoms with Crippen LogP contribution in [-0.2, 0) is 27.1 Å². The van der Waals surface area contributed by atoms with Crippen LogP contribution in [0.1, 0.15) is 43.2 Å². The molecule has 0 saturated heterocycles. The maximum atomic E-state index is 11.8. The van der Waals surface area contributed by atoms with Gasteiger partial charge in [0.15, 0.2) is 5.82 Å². The molecule has 3 rings (SSSR count). The van der Waals surface area contributed by atoms with Crippen molar-refractivity contribution in [2.45, 2.75) is 51.6 Å². The zero-order valence-corrected chi connectivity index (χ0v) is 13.9. The van der Waals surface area contributed by atoms with Gasteiger partial charge in [0.1, 0.15) is 5.82 Å². The number of hydrogen-bond donors (Lipinski definition) is 1. The summed E-state index contributed by atoms with van der Waals surface area (Å²) >= 11 is 0. The lowest BCUT2D eigenvalue weighted by Crippen LogP contribution is -2.39. The van der Waals surface area contributed by atoms with Crippen molar-refractivity contribution in [3.8, 4) is 0 Å². The molecule has 0 bridgehead atoms. The Morgan fingerprint density at radius 2 is 2.09 bits per heavy atom. The second-order valence-corrected chi connectivity index (χ2v) is 6.35. The molecule has 0 amide bonds. The normalized spacial score (nSPS) is 21.7. The lowest BCUT2D eigenvalue weighted by Gasteiger charge is -2.31. The van der Waals surface area contributed by atoms with E-state index in [2.05, 4.69) is 20.6 Å². The Balaban J connectivity index is 1.66.